The number of carbonyl (C=O) groups is 1. The normalized spacial score (nSPS) is 10.8. The van der Waals surface area contributed by atoms with Crippen LogP contribution in [0.4, 0.5) is 0 Å². The molecule has 0 saturated heterocycles. The number of aromatic amines is 1. The van der Waals surface area contributed by atoms with E-state index in [1.165, 1.54) is 4.57 Å². The third-order valence-corrected chi connectivity index (χ3v) is 4.72. The van der Waals surface area contributed by atoms with Crippen LogP contribution in [0.15, 0.2) is 52.1 Å². The van der Waals surface area contributed by atoms with Gasteiger partial charge in [-0.2, -0.15) is 0 Å². The van der Waals surface area contributed by atoms with E-state index in [1.807, 2.05) is 25.1 Å². The molecule has 3 rings (SSSR count). The molecule has 0 atom stereocenters. The van der Waals surface area contributed by atoms with Crippen LogP contribution in [0.2, 0.25) is 0 Å². The molecule has 3 aromatic rings. The first-order chi connectivity index (χ1) is 13.4. The first-order valence-corrected chi connectivity index (χ1v) is 9.00. The third-order valence-electron chi connectivity index (χ3n) is 4.72. The van der Waals surface area contributed by atoms with E-state index >= 15 is 0 Å². The average Bonchev–Trinajstić information content (AvgIpc) is 2.67. The fourth-order valence-electron chi connectivity index (χ4n) is 3.24. The predicted octanol–water partition coefficient (Wildman–Crippen LogP) is 2.06. The van der Waals surface area contributed by atoms with Crippen LogP contribution in [0.25, 0.3) is 10.9 Å². The van der Waals surface area contributed by atoms with Crippen molar-refractivity contribution in [3.05, 3.63) is 74.4 Å². The molecule has 0 aliphatic carbocycles. The first kappa shape index (κ1) is 19.4. The molecular weight excluding hydrogens is 358 g/mol. The Balaban J connectivity index is 1.76. The summed E-state index contributed by atoms with van der Waals surface area (Å²) in [5.41, 5.74) is 1.59. The SMILES string of the molecule is COc1ccc(C)cc1CN(C)C(=O)CCn1c(=O)[nH]c(=O)c2ccccc21. The Labute approximate surface area is 162 Å². The second-order valence-corrected chi connectivity index (χ2v) is 6.74. The molecule has 0 fully saturated rings. The van der Waals surface area contributed by atoms with E-state index in [0.29, 0.717) is 17.4 Å². The number of para-hydroxylation sites is 1. The van der Waals surface area contributed by atoms with Gasteiger partial charge in [0.1, 0.15) is 5.75 Å². The minimum atomic E-state index is -0.514. The lowest BCUT2D eigenvalue weighted by Crippen LogP contribution is -2.33. The standard InChI is InChI=1S/C21H23N3O4/c1-14-8-9-18(28-3)15(12-14)13-23(2)19(25)10-11-24-17-7-5-4-6-16(17)20(26)22-21(24)27/h4-9,12H,10-11,13H2,1-3H3,(H,22,26,27). The smallest absolute Gasteiger partial charge is 0.328 e. The Kier molecular flexibility index (Phi) is 5.63. The molecular formula is C21H23N3O4. The number of methoxy groups -OCH3 is 1. The largest absolute Gasteiger partial charge is 0.496 e. The molecule has 1 heterocycles. The zero-order valence-corrected chi connectivity index (χ0v) is 16.2. The molecule has 2 aromatic carbocycles. The van der Waals surface area contributed by atoms with Crippen molar-refractivity contribution in [2.45, 2.75) is 26.4 Å². The number of benzene rings is 2. The summed E-state index contributed by atoms with van der Waals surface area (Å²) in [4.78, 5) is 40.7. The fourth-order valence-corrected chi connectivity index (χ4v) is 3.24. The lowest BCUT2D eigenvalue weighted by molar-refractivity contribution is -0.130. The van der Waals surface area contributed by atoms with Gasteiger partial charge in [-0.25, -0.2) is 4.79 Å². The van der Waals surface area contributed by atoms with Crippen molar-refractivity contribution in [1.29, 1.82) is 0 Å². The second-order valence-electron chi connectivity index (χ2n) is 6.74. The van der Waals surface area contributed by atoms with Gasteiger partial charge in [0, 0.05) is 32.1 Å². The van der Waals surface area contributed by atoms with Crippen LogP contribution < -0.4 is 16.0 Å². The summed E-state index contributed by atoms with van der Waals surface area (Å²) >= 11 is 0. The average molecular weight is 381 g/mol. The van der Waals surface area contributed by atoms with E-state index in [1.54, 1.807) is 43.3 Å². The third kappa shape index (κ3) is 3.98. The number of aromatic nitrogens is 2. The van der Waals surface area contributed by atoms with Crippen molar-refractivity contribution >= 4 is 16.8 Å². The van der Waals surface area contributed by atoms with E-state index in [9.17, 15) is 14.4 Å². The van der Waals surface area contributed by atoms with Gasteiger partial charge < -0.3 is 9.64 Å². The zero-order chi connectivity index (χ0) is 20.3. The van der Waals surface area contributed by atoms with Gasteiger partial charge in [-0.3, -0.25) is 19.1 Å². The molecule has 1 N–H and O–H groups in total. The zero-order valence-electron chi connectivity index (χ0n) is 16.2. The molecule has 7 heteroatoms. The van der Waals surface area contributed by atoms with Gasteiger partial charge in [0.2, 0.25) is 5.91 Å². The van der Waals surface area contributed by atoms with Gasteiger partial charge in [-0.1, -0.05) is 29.8 Å². The van der Waals surface area contributed by atoms with Crippen molar-refractivity contribution in [2.24, 2.45) is 0 Å². The van der Waals surface area contributed by atoms with Crippen LogP contribution in [0.3, 0.4) is 0 Å². The van der Waals surface area contributed by atoms with Gasteiger partial charge in [0.25, 0.3) is 5.56 Å². The van der Waals surface area contributed by atoms with E-state index in [-0.39, 0.29) is 18.9 Å². The number of carbonyl (C=O) groups excluding carboxylic acids is 1. The Morgan fingerprint density at radius 1 is 1.18 bits per heavy atom. The van der Waals surface area contributed by atoms with Gasteiger partial charge in [0.15, 0.2) is 0 Å². The van der Waals surface area contributed by atoms with Crippen LogP contribution >= 0.6 is 0 Å². The summed E-state index contributed by atoms with van der Waals surface area (Å²) < 4.78 is 6.79. The molecule has 0 aliphatic rings. The molecule has 146 valence electrons. The van der Waals surface area contributed by atoms with Crippen molar-refractivity contribution < 1.29 is 9.53 Å². The van der Waals surface area contributed by atoms with Gasteiger partial charge >= 0.3 is 5.69 Å². The number of aryl methyl sites for hydroxylation is 2. The summed E-state index contributed by atoms with van der Waals surface area (Å²) in [7, 11) is 3.32. The summed E-state index contributed by atoms with van der Waals surface area (Å²) in [6.45, 7) is 2.58. The molecule has 1 aromatic heterocycles. The number of nitrogens with one attached hydrogen (secondary N) is 1. The summed E-state index contributed by atoms with van der Waals surface area (Å²) in [5, 5.41) is 0.424. The van der Waals surface area contributed by atoms with Gasteiger partial charge in [-0.15, -0.1) is 0 Å². The van der Waals surface area contributed by atoms with Crippen LogP contribution in [-0.4, -0.2) is 34.5 Å². The van der Waals surface area contributed by atoms with Crippen molar-refractivity contribution in [3.63, 3.8) is 0 Å². The Morgan fingerprint density at radius 2 is 1.93 bits per heavy atom. The van der Waals surface area contributed by atoms with Crippen LogP contribution in [0, 0.1) is 6.92 Å². The minimum absolute atomic E-state index is 0.106. The highest BCUT2D eigenvalue weighted by Crippen LogP contribution is 2.21. The number of ether oxygens (including phenoxy) is 1. The molecule has 0 aliphatic heterocycles. The van der Waals surface area contributed by atoms with E-state index in [2.05, 4.69) is 4.98 Å². The predicted molar refractivity (Wildman–Crippen MR) is 108 cm³/mol. The van der Waals surface area contributed by atoms with E-state index < -0.39 is 11.2 Å². The Hall–Kier alpha value is -3.35. The Bertz CT molecular complexity index is 1130. The maximum atomic E-state index is 12.6. The molecule has 0 unspecified atom stereocenters. The number of nitrogens with zero attached hydrogens (tertiary/aromatic N) is 2. The van der Waals surface area contributed by atoms with Gasteiger partial charge in [0.05, 0.1) is 18.0 Å². The van der Waals surface area contributed by atoms with Gasteiger partial charge in [-0.05, 0) is 25.1 Å². The lowest BCUT2D eigenvalue weighted by atomic mass is 10.1. The number of H-pyrrole nitrogens is 1. The number of fused-ring (bicyclic) bond motifs is 1. The highest BCUT2D eigenvalue weighted by atomic mass is 16.5. The highest BCUT2D eigenvalue weighted by molar-refractivity contribution is 5.78. The molecule has 7 nitrogen and oxygen atoms in total. The first-order valence-electron chi connectivity index (χ1n) is 9.00. The number of hydrogen-bond donors (Lipinski definition) is 1. The number of hydrogen-bond acceptors (Lipinski definition) is 4. The molecule has 28 heavy (non-hydrogen) atoms. The minimum Gasteiger partial charge on any atom is -0.496 e. The van der Waals surface area contributed by atoms with Crippen molar-refractivity contribution in [3.8, 4) is 5.75 Å². The van der Waals surface area contributed by atoms with Crippen LogP contribution in [-0.2, 0) is 17.9 Å². The second kappa shape index (κ2) is 8.12. The molecule has 0 radical (unpaired) electrons. The van der Waals surface area contributed by atoms with Crippen molar-refractivity contribution in [2.75, 3.05) is 14.2 Å². The van der Waals surface area contributed by atoms with Crippen molar-refractivity contribution in [1.82, 2.24) is 14.5 Å². The summed E-state index contributed by atoms with van der Waals surface area (Å²) in [6.07, 6.45) is 0.139. The monoisotopic (exact) mass is 381 g/mol. The van der Waals surface area contributed by atoms with E-state index in [0.717, 1.165) is 16.9 Å². The fraction of sp³-hybridized carbons (Fsp3) is 0.286. The quantitative estimate of drug-likeness (QED) is 0.708. The van der Waals surface area contributed by atoms with Crippen LogP contribution in [0.1, 0.15) is 17.5 Å². The van der Waals surface area contributed by atoms with E-state index in [4.69, 9.17) is 4.74 Å². The molecule has 1 amide bonds. The molecule has 0 bridgehead atoms. The lowest BCUT2D eigenvalue weighted by Gasteiger charge is -2.20. The number of rotatable bonds is 6. The molecule has 0 spiro atoms. The number of amides is 1. The maximum absolute atomic E-state index is 12.6. The van der Waals surface area contributed by atoms with Crippen LogP contribution in [0.5, 0.6) is 5.75 Å². The highest BCUT2D eigenvalue weighted by Gasteiger charge is 2.14. The maximum Gasteiger partial charge on any atom is 0.328 e. The summed E-state index contributed by atoms with van der Waals surface area (Å²) in [6, 6.07) is 12.7. The topological polar surface area (TPSA) is 84.4 Å². The molecule has 0 saturated carbocycles. The summed E-state index contributed by atoms with van der Waals surface area (Å²) in [5.74, 6) is 0.624. The Morgan fingerprint density at radius 3 is 2.68 bits per heavy atom.